The lowest BCUT2D eigenvalue weighted by Crippen LogP contribution is -2.63. The Hall–Kier alpha value is -0.120. The van der Waals surface area contributed by atoms with E-state index in [0.717, 1.165) is 12.3 Å². The van der Waals surface area contributed by atoms with Gasteiger partial charge in [0.05, 0.1) is 0 Å². The van der Waals surface area contributed by atoms with Crippen molar-refractivity contribution < 1.29 is 0 Å². The van der Waals surface area contributed by atoms with Gasteiger partial charge in [-0.3, -0.25) is 5.32 Å². The lowest BCUT2D eigenvalue weighted by molar-refractivity contribution is 0.288. The van der Waals surface area contributed by atoms with Crippen molar-refractivity contribution in [3.05, 3.63) is 0 Å². The Balaban J connectivity index is 2.32. The minimum atomic E-state index is -0.658. The predicted octanol–water partition coefficient (Wildman–Crippen LogP) is 0.746. The molecule has 1 aliphatic rings. The fourth-order valence-electron chi connectivity index (χ4n) is 1.82. The van der Waals surface area contributed by atoms with Gasteiger partial charge in [-0.15, -0.1) is 0 Å². The van der Waals surface area contributed by atoms with E-state index in [1.54, 1.807) is 0 Å². The molecule has 0 aromatic carbocycles. The van der Waals surface area contributed by atoms with Crippen LogP contribution in [0.5, 0.6) is 0 Å². The molecule has 0 heterocycles. The van der Waals surface area contributed by atoms with E-state index in [0.29, 0.717) is 6.04 Å². The highest BCUT2D eigenvalue weighted by Gasteiger charge is 2.26. The Morgan fingerprint density at radius 1 is 1.42 bits per heavy atom. The fraction of sp³-hybridized carbons (Fsp3) is 1.00. The largest absolute Gasteiger partial charge is 0.301 e. The number of nitrogens with two attached hydrogens (primary N) is 2. The molecule has 2 atom stereocenters. The molecule has 0 bridgehead atoms. The SMILES string of the molecule is CCC(N)(N)NC1CCC(C)C1. The summed E-state index contributed by atoms with van der Waals surface area (Å²) in [6.45, 7) is 4.29. The van der Waals surface area contributed by atoms with Crippen molar-refractivity contribution in [3.8, 4) is 0 Å². The molecule has 0 spiro atoms. The highest BCUT2D eigenvalue weighted by Crippen LogP contribution is 2.25. The maximum Gasteiger partial charge on any atom is 0.118 e. The van der Waals surface area contributed by atoms with Crippen molar-refractivity contribution in [2.45, 2.75) is 51.4 Å². The van der Waals surface area contributed by atoms with E-state index in [1.165, 1.54) is 19.3 Å². The summed E-state index contributed by atoms with van der Waals surface area (Å²) in [4.78, 5) is 0. The van der Waals surface area contributed by atoms with Crippen molar-refractivity contribution in [2.24, 2.45) is 17.4 Å². The molecule has 0 amide bonds. The van der Waals surface area contributed by atoms with Gasteiger partial charge in [0, 0.05) is 6.04 Å². The van der Waals surface area contributed by atoms with Gasteiger partial charge >= 0.3 is 0 Å². The zero-order valence-corrected chi connectivity index (χ0v) is 8.14. The summed E-state index contributed by atoms with van der Waals surface area (Å²) in [6.07, 6.45) is 4.52. The molecule has 1 rings (SSSR count). The molecule has 1 aliphatic carbocycles. The minimum absolute atomic E-state index is 0.537. The third-order valence-electron chi connectivity index (χ3n) is 2.75. The van der Waals surface area contributed by atoms with Crippen LogP contribution in [-0.4, -0.2) is 11.8 Å². The molecule has 0 aromatic heterocycles. The average Bonchev–Trinajstić information content (AvgIpc) is 2.35. The van der Waals surface area contributed by atoms with Crippen molar-refractivity contribution in [1.29, 1.82) is 0 Å². The molecule has 0 aliphatic heterocycles. The first-order chi connectivity index (χ1) is 5.53. The van der Waals surface area contributed by atoms with Gasteiger partial charge in [0.1, 0.15) is 5.79 Å². The van der Waals surface area contributed by atoms with Crippen LogP contribution in [0.2, 0.25) is 0 Å². The second kappa shape index (κ2) is 3.73. The molecule has 3 heteroatoms. The van der Waals surface area contributed by atoms with Crippen LogP contribution >= 0.6 is 0 Å². The predicted molar refractivity (Wildman–Crippen MR) is 51.3 cm³/mol. The van der Waals surface area contributed by atoms with E-state index in [4.69, 9.17) is 11.5 Å². The Labute approximate surface area is 74.9 Å². The van der Waals surface area contributed by atoms with Gasteiger partial charge in [0.15, 0.2) is 0 Å². The molecule has 72 valence electrons. The van der Waals surface area contributed by atoms with Gasteiger partial charge in [-0.1, -0.05) is 13.8 Å². The highest BCUT2D eigenvalue weighted by molar-refractivity contribution is 4.84. The van der Waals surface area contributed by atoms with Crippen LogP contribution in [0.1, 0.15) is 39.5 Å². The minimum Gasteiger partial charge on any atom is -0.301 e. The molecule has 3 nitrogen and oxygen atoms in total. The second-order valence-electron chi connectivity index (χ2n) is 4.15. The van der Waals surface area contributed by atoms with Crippen molar-refractivity contribution in [1.82, 2.24) is 5.32 Å². The molecule has 1 fully saturated rings. The maximum atomic E-state index is 5.81. The van der Waals surface area contributed by atoms with Crippen LogP contribution in [-0.2, 0) is 0 Å². The molecule has 1 saturated carbocycles. The quantitative estimate of drug-likeness (QED) is 0.549. The number of hydrogen-bond donors (Lipinski definition) is 3. The standard InChI is InChI=1S/C9H21N3/c1-3-9(10,11)12-8-5-4-7(2)6-8/h7-8,12H,3-6,10-11H2,1-2H3. The molecular weight excluding hydrogens is 150 g/mol. The van der Waals surface area contributed by atoms with Gasteiger partial charge in [-0.05, 0) is 31.6 Å². The van der Waals surface area contributed by atoms with Crippen LogP contribution in [0.25, 0.3) is 0 Å². The Kier molecular flexibility index (Phi) is 3.09. The van der Waals surface area contributed by atoms with E-state index in [1.807, 2.05) is 6.92 Å². The normalized spacial score (nSPS) is 31.0. The van der Waals surface area contributed by atoms with Crippen molar-refractivity contribution in [2.75, 3.05) is 0 Å². The number of hydrogen-bond acceptors (Lipinski definition) is 3. The molecule has 5 N–H and O–H groups in total. The summed E-state index contributed by atoms with van der Waals surface area (Å²) in [5.41, 5.74) is 11.6. The number of rotatable bonds is 3. The molecule has 12 heavy (non-hydrogen) atoms. The van der Waals surface area contributed by atoms with Crippen LogP contribution in [0.3, 0.4) is 0 Å². The Morgan fingerprint density at radius 2 is 2.08 bits per heavy atom. The van der Waals surface area contributed by atoms with Crippen molar-refractivity contribution in [3.63, 3.8) is 0 Å². The summed E-state index contributed by atoms with van der Waals surface area (Å²) in [5.74, 6) is 0.171. The Morgan fingerprint density at radius 3 is 2.50 bits per heavy atom. The van der Waals surface area contributed by atoms with Crippen LogP contribution < -0.4 is 16.8 Å². The topological polar surface area (TPSA) is 64.1 Å². The average molecular weight is 171 g/mol. The van der Waals surface area contributed by atoms with Gasteiger partial charge in [0.25, 0.3) is 0 Å². The van der Waals surface area contributed by atoms with E-state index >= 15 is 0 Å². The molecule has 0 saturated heterocycles. The number of nitrogens with one attached hydrogen (secondary N) is 1. The second-order valence-corrected chi connectivity index (χ2v) is 4.15. The molecular formula is C9H21N3. The van der Waals surface area contributed by atoms with Crippen LogP contribution in [0.15, 0.2) is 0 Å². The lowest BCUT2D eigenvalue weighted by atomic mass is 10.1. The first kappa shape index (κ1) is 9.96. The molecule has 0 aromatic rings. The van der Waals surface area contributed by atoms with E-state index in [9.17, 15) is 0 Å². The molecule has 0 radical (unpaired) electrons. The van der Waals surface area contributed by atoms with Crippen molar-refractivity contribution >= 4 is 0 Å². The zero-order chi connectivity index (χ0) is 9.19. The maximum absolute atomic E-state index is 5.81. The first-order valence-electron chi connectivity index (χ1n) is 4.89. The van der Waals surface area contributed by atoms with Gasteiger partial charge < -0.3 is 11.5 Å². The van der Waals surface area contributed by atoms with Gasteiger partial charge in [-0.2, -0.15) is 0 Å². The summed E-state index contributed by atoms with van der Waals surface area (Å²) in [5, 5.41) is 3.29. The Bertz CT molecular complexity index is 145. The summed E-state index contributed by atoms with van der Waals surface area (Å²) < 4.78 is 0. The summed E-state index contributed by atoms with van der Waals surface area (Å²) >= 11 is 0. The van der Waals surface area contributed by atoms with E-state index in [-0.39, 0.29) is 0 Å². The summed E-state index contributed by atoms with van der Waals surface area (Å²) in [6, 6.07) is 0.537. The highest BCUT2D eigenvalue weighted by atomic mass is 15.2. The first-order valence-corrected chi connectivity index (χ1v) is 4.89. The van der Waals surface area contributed by atoms with Gasteiger partial charge in [0.2, 0.25) is 0 Å². The van der Waals surface area contributed by atoms with E-state index < -0.39 is 5.79 Å². The third kappa shape index (κ3) is 2.73. The zero-order valence-electron chi connectivity index (χ0n) is 8.14. The van der Waals surface area contributed by atoms with Gasteiger partial charge in [-0.25, -0.2) is 0 Å². The smallest absolute Gasteiger partial charge is 0.118 e. The molecule has 2 unspecified atom stereocenters. The third-order valence-corrected chi connectivity index (χ3v) is 2.75. The van der Waals surface area contributed by atoms with Crippen LogP contribution in [0.4, 0.5) is 0 Å². The van der Waals surface area contributed by atoms with Crippen LogP contribution in [0, 0.1) is 5.92 Å². The fourth-order valence-corrected chi connectivity index (χ4v) is 1.82. The lowest BCUT2D eigenvalue weighted by Gasteiger charge is -2.28. The monoisotopic (exact) mass is 171 g/mol. The van der Waals surface area contributed by atoms with E-state index in [2.05, 4.69) is 12.2 Å². The summed E-state index contributed by atoms with van der Waals surface area (Å²) in [7, 11) is 0.